The van der Waals surface area contributed by atoms with E-state index in [1.807, 2.05) is 0 Å². The van der Waals surface area contributed by atoms with Crippen LogP contribution in [-0.2, 0) is 4.79 Å². The van der Waals surface area contributed by atoms with Gasteiger partial charge in [-0.25, -0.2) is 0 Å². The fraction of sp³-hybridized carbons (Fsp3) is 0.333. The number of aromatic nitrogens is 4. The van der Waals surface area contributed by atoms with Gasteiger partial charge in [-0.1, -0.05) is 11.2 Å². The van der Waals surface area contributed by atoms with Crippen molar-refractivity contribution in [2.75, 3.05) is 12.4 Å². The van der Waals surface area contributed by atoms with Gasteiger partial charge in [0.2, 0.25) is 5.95 Å². The fourth-order valence-electron chi connectivity index (χ4n) is 3.19. The van der Waals surface area contributed by atoms with Gasteiger partial charge in [0.1, 0.15) is 6.04 Å². The number of nitrogens with zero attached hydrogens (tertiary/aromatic N) is 4. The van der Waals surface area contributed by atoms with Crippen molar-refractivity contribution in [3.63, 3.8) is 0 Å². The maximum atomic E-state index is 12.5. The molecule has 0 unspecified atom stereocenters. The molecule has 0 bridgehead atoms. The predicted molar refractivity (Wildman–Crippen MR) is 80.1 cm³/mol. The number of rotatable bonds is 2. The lowest BCUT2D eigenvalue weighted by atomic mass is 9.85. The van der Waals surface area contributed by atoms with E-state index in [9.17, 15) is 9.90 Å². The van der Waals surface area contributed by atoms with E-state index in [1.165, 1.54) is 7.11 Å². The summed E-state index contributed by atoms with van der Waals surface area (Å²) in [7, 11) is 1.49. The monoisotopic (exact) mass is 313 g/mol. The molecule has 118 valence electrons. The molecule has 1 aromatic heterocycles. The number of carbonyl (C=O) groups excluding carboxylic acids is 1. The SMILES string of the molecule is COc1cc([C@@H]2C3=C(CCCC3=O)Nc3nnnn32)ccc1O. The molecule has 1 aliphatic carbocycles. The van der Waals surface area contributed by atoms with Crippen LogP contribution in [0.3, 0.4) is 0 Å². The first-order chi connectivity index (χ1) is 11.2. The Balaban J connectivity index is 1.91. The average Bonchev–Trinajstić information content (AvgIpc) is 3.02. The van der Waals surface area contributed by atoms with E-state index in [0.29, 0.717) is 23.7 Å². The summed E-state index contributed by atoms with van der Waals surface area (Å²) >= 11 is 0. The molecule has 0 radical (unpaired) electrons. The Bertz CT molecular complexity index is 826. The van der Waals surface area contributed by atoms with Crippen LogP contribution in [0.5, 0.6) is 11.5 Å². The van der Waals surface area contributed by atoms with Gasteiger partial charge in [-0.15, -0.1) is 0 Å². The smallest absolute Gasteiger partial charge is 0.248 e. The summed E-state index contributed by atoms with van der Waals surface area (Å²) in [6.07, 6.45) is 2.13. The summed E-state index contributed by atoms with van der Waals surface area (Å²) in [5.74, 6) is 1.000. The summed E-state index contributed by atoms with van der Waals surface area (Å²) in [5.41, 5.74) is 2.35. The number of allylic oxidation sites excluding steroid dienone is 2. The van der Waals surface area contributed by atoms with Crippen LogP contribution in [-0.4, -0.2) is 38.2 Å². The van der Waals surface area contributed by atoms with Gasteiger partial charge in [-0.2, -0.15) is 4.68 Å². The van der Waals surface area contributed by atoms with Gasteiger partial charge in [0.25, 0.3) is 0 Å². The Labute approximate surface area is 131 Å². The van der Waals surface area contributed by atoms with E-state index < -0.39 is 6.04 Å². The molecule has 0 fully saturated rings. The van der Waals surface area contributed by atoms with Gasteiger partial charge in [-0.3, -0.25) is 4.79 Å². The second-order valence-electron chi connectivity index (χ2n) is 5.57. The number of anilines is 1. The summed E-state index contributed by atoms with van der Waals surface area (Å²) in [4.78, 5) is 12.5. The molecule has 8 nitrogen and oxygen atoms in total. The van der Waals surface area contributed by atoms with Crippen molar-refractivity contribution in [2.24, 2.45) is 0 Å². The number of benzene rings is 1. The molecule has 0 amide bonds. The van der Waals surface area contributed by atoms with E-state index in [2.05, 4.69) is 20.8 Å². The second-order valence-corrected chi connectivity index (χ2v) is 5.57. The summed E-state index contributed by atoms with van der Waals surface area (Å²) < 4.78 is 6.77. The Kier molecular flexibility index (Phi) is 3.03. The highest BCUT2D eigenvalue weighted by Crippen LogP contribution is 2.41. The minimum atomic E-state index is -0.418. The Morgan fingerprint density at radius 1 is 1.39 bits per heavy atom. The molecule has 0 spiro atoms. The summed E-state index contributed by atoms with van der Waals surface area (Å²) in [6.45, 7) is 0. The lowest BCUT2D eigenvalue weighted by Gasteiger charge is -2.31. The van der Waals surface area contributed by atoms with Crippen LogP contribution in [0.1, 0.15) is 30.9 Å². The molecular weight excluding hydrogens is 298 g/mol. The van der Waals surface area contributed by atoms with Crippen molar-refractivity contribution in [1.29, 1.82) is 0 Å². The molecular formula is C15H15N5O3. The van der Waals surface area contributed by atoms with Crippen molar-refractivity contribution in [2.45, 2.75) is 25.3 Å². The van der Waals surface area contributed by atoms with Gasteiger partial charge >= 0.3 is 0 Å². The van der Waals surface area contributed by atoms with Crippen LogP contribution in [0.25, 0.3) is 0 Å². The number of fused-ring (bicyclic) bond motifs is 1. The largest absolute Gasteiger partial charge is 0.504 e. The average molecular weight is 313 g/mol. The number of hydrogen-bond donors (Lipinski definition) is 2. The molecule has 0 saturated heterocycles. The van der Waals surface area contributed by atoms with Crippen LogP contribution in [0.4, 0.5) is 5.95 Å². The zero-order chi connectivity index (χ0) is 16.0. The number of ether oxygens (including phenoxy) is 1. The lowest BCUT2D eigenvalue weighted by molar-refractivity contribution is -0.116. The molecule has 2 aromatic rings. The number of ketones is 1. The number of phenolic OH excluding ortho intramolecular Hbond substituents is 1. The van der Waals surface area contributed by atoms with Gasteiger partial charge in [0.15, 0.2) is 17.3 Å². The fourth-order valence-corrected chi connectivity index (χ4v) is 3.19. The highest BCUT2D eigenvalue weighted by molar-refractivity contribution is 5.99. The normalized spacial score (nSPS) is 19.9. The van der Waals surface area contributed by atoms with Crippen molar-refractivity contribution in [1.82, 2.24) is 20.2 Å². The van der Waals surface area contributed by atoms with E-state index in [-0.39, 0.29) is 11.5 Å². The number of methoxy groups -OCH3 is 1. The van der Waals surface area contributed by atoms with Crippen LogP contribution in [0.2, 0.25) is 0 Å². The third kappa shape index (κ3) is 2.06. The maximum absolute atomic E-state index is 12.5. The van der Waals surface area contributed by atoms with Crippen molar-refractivity contribution in [3.05, 3.63) is 35.0 Å². The van der Waals surface area contributed by atoms with Gasteiger partial charge in [-0.05, 0) is 41.0 Å². The number of nitrogens with one attached hydrogen (secondary N) is 1. The topological polar surface area (TPSA) is 102 Å². The van der Waals surface area contributed by atoms with E-state index >= 15 is 0 Å². The minimum Gasteiger partial charge on any atom is -0.504 e. The van der Waals surface area contributed by atoms with Crippen molar-refractivity contribution in [3.8, 4) is 11.5 Å². The highest BCUT2D eigenvalue weighted by Gasteiger charge is 2.36. The Hall–Kier alpha value is -2.90. The van der Waals surface area contributed by atoms with E-state index in [1.54, 1.807) is 22.9 Å². The Morgan fingerprint density at radius 3 is 3.09 bits per heavy atom. The maximum Gasteiger partial charge on any atom is 0.248 e. The zero-order valence-corrected chi connectivity index (χ0v) is 12.5. The summed E-state index contributed by atoms with van der Waals surface area (Å²) in [6, 6.07) is 4.60. The highest BCUT2D eigenvalue weighted by atomic mass is 16.5. The van der Waals surface area contributed by atoms with E-state index in [0.717, 1.165) is 24.1 Å². The third-order valence-electron chi connectivity index (χ3n) is 4.25. The first-order valence-electron chi connectivity index (χ1n) is 7.37. The van der Waals surface area contributed by atoms with Crippen LogP contribution < -0.4 is 10.1 Å². The van der Waals surface area contributed by atoms with E-state index in [4.69, 9.17) is 4.74 Å². The number of tetrazole rings is 1. The first-order valence-corrected chi connectivity index (χ1v) is 7.37. The molecule has 2 aliphatic rings. The molecule has 2 N–H and O–H groups in total. The quantitative estimate of drug-likeness (QED) is 0.864. The molecule has 4 rings (SSSR count). The number of Topliss-reactive ketones (excluding diaryl/α,β-unsaturated/α-hetero) is 1. The van der Waals surface area contributed by atoms with Crippen LogP contribution >= 0.6 is 0 Å². The van der Waals surface area contributed by atoms with Crippen molar-refractivity contribution >= 4 is 11.7 Å². The van der Waals surface area contributed by atoms with Gasteiger partial charge in [0, 0.05) is 17.7 Å². The van der Waals surface area contributed by atoms with Crippen molar-refractivity contribution < 1.29 is 14.6 Å². The van der Waals surface area contributed by atoms with Gasteiger partial charge < -0.3 is 15.2 Å². The molecule has 1 aromatic carbocycles. The molecule has 2 heterocycles. The number of phenols is 1. The number of hydrogen-bond acceptors (Lipinski definition) is 7. The lowest BCUT2D eigenvalue weighted by Crippen LogP contribution is -2.31. The van der Waals surface area contributed by atoms with Crippen LogP contribution in [0, 0.1) is 0 Å². The van der Waals surface area contributed by atoms with Crippen LogP contribution in [0.15, 0.2) is 29.5 Å². The Morgan fingerprint density at radius 2 is 2.26 bits per heavy atom. The standard InChI is InChI=1S/C15H15N5O3/c1-23-12-7-8(5-6-10(12)21)14-13-9(3-2-4-11(13)22)16-15-17-18-19-20(14)15/h5-7,14,21H,2-4H2,1H3,(H,16,17,19)/t14-/m1/s1. The molecule has 23 heavy (non-hydrogen) atoms. The molecule has 1 aliphatic heterocycles. The second kappa shape index (κ2) is 5.08. The number of carbonyl (C=O) groups is 1. The molecule has 8 heteroatoms. The molecule has 1 atom stereocenters. The molecule has 0 saturated carbocycles. The number of aromatic hydroxyl groups is 1. The predicted octanol–water partition coefficient (Wildman–Crippen LogP) is 1.41. The third-order valence-corrected chi connectivity index (χ3v) is 4.25. The summed E-state index contributed by atoms with van der Waals surface area (Å²) in [5, 5.41) is 24.7. The van der Waals surface area contributed by atoms with Gasteiger partial charge in [0.05, 0.1) is 7.11 Å². The first kappa shape index (κ1) is 13.7. The zero-order valence-electron chi connectivity index (χ0n) is 12.5. The minimum absolute atomic E-state index is 0.0475.